The van der Waals surface area contributed by atoms with Gasteiger partial charge in [-0.3, -0.25) is 5.32 Å². The van der Waals surface area contributed by atoms with Crippen LogP contribution in [0.15, 0.2) is 0 Å². The Balaban J connectivity index is 2.10. The number of hydrogen-bond acceptors (Lipinski definition) is 3. The van der Waals surface area contributed by atoms with E-state index in [-0.39, 0.29) is 11.7 Å². The summed E-state index contributed by atoms with van der Waals surface area (Å²) in [5, 5.41) is 12.8. The fraction of sp³-hybridized carbons (Fsp3) is 1.00. The molecule has 0 aromatic heterocycles. The molecule has 15 heavy (non-hydrogen) atoms. The third kappa shape index (κ3) is 4.96. The van der Waals surface area contributed by atoms with Crippen molar-refractivity contribution in [3.05, 3.63) is 0 Å². The number of aliphatic hydroxyl groups is 1. The molecule has 3 nitrogen and oxygen atoms in total. The summed E-state index contributed by atoms with van der Waals surface area (Å²) >= 11 is 0. The van der Waals surface area contributed by atoms with Gasteiger partial charge < -0.3 is 9.84 Å². The minimum Gasteiger partial charge on any atom is -0.393 e. The number of aliphatic hydroxyl groups excluding tert-OH is 1. The average Bonchev–Trinajstić information content (AvgIpc) is 2.21. The summed E-state index contributed by atoms with van der Waals surface area (Å²) < 4.78 is 5.73. The Morgan fingerprint density at radius 3 is 2.40 bits per heavy atom. The largest absolute Gasteiger partial charge is 0.393 e. The lowest BCUT2D eigenvalue weighted by molar-refractivity contribution is -0.0359. The zero-order chi connectivity index (χ0) is 11.3. The lowest BCUT2D eigenvalue weighted by Crippen LogP contribution is -2.38. The summed E-state index contributed by atoms with van der Waals surface area (Å²) in [6.45, 7) is 6.98. The van der Waals surface area contributed by atoms with E-state index in [2.05, 4.69) is 26.1 Å². The average molecular weight is 215 g/mol. The molecule has 1 fully saturated rings. The zero-order valence-electron chi connectivity index (χ0n) is 10.3. The number of hydrogen-bond donors (Lipinski definition) is 2. The van der Waals surface area contributed by atoms with E-state index >= 15 is 0 Å². The predicted octanol–water partition coefficient (Wildman–Crippen LogP) is 2.04. The maximum absolute atomic E-state index is 9.36. The van der Waals surface area contributed by atoms with Crippen molar-refractivity contribution in [3.63, 3.8) is 0 Å². The fourth-order valence-corrected chi connectivity index (χ4v) is 1.74. The first kappa shape index (κ1) is 12.9. The van der Waals surface area contributed by atoms with E-state index in [0.717, 1.165) is 32.1 Å². The van der Waals surface area contributed by atoms with Crippen LogP contribution in [0.2, 0.25) is 0 Å². The van der Waals surface area contributed by atoms with Gasteiger partial charge in [0.05, 0.1) is 18.4 Å². The Labute approximate surface area is 93.2 Å². The SMILES string of the molecule is CCC(C)(C)OCNC1CCC(O)CC1. The van der Waals surface area contributed by atoms with Crippen LogP contribution in [0, 0.1) is 0 Å². The van der Waals surface area contributed by atoms with E-state index in [0.29, 0.717) is 12.8 Å². The summed E-state index contributed by atoms with van der Waals surface area (Å²) in [6.07, 6.45) is 4.94. The van der Waals surface area contributed by atoms with Gasteiger partial charge in [0.1, 0.15) is 0 Å². The van der Waals surface area contributed by atoms with Crippen LogP contribution in [0.1, 0.15) is 52.9 Å². The van der Waals surface area contributed by atoms with Crippen LogP contribution < -0.4 is 5.32 Å². The second kappa shape index (κ2) is 5.83. The first-order valence-electron chi connectivity index (χ1n) is 6.09. The smallest absolute Gasteiger partial charge is 0.0974 e. The molecule has 90 valence electrons. The quantitative estimate of drug-likeness (QED) is 0.690. The molecule has 0 aromatic rings. The van der Waals surface area contributed by atoms with E-state index in [9.17, 15) is 5.11 Å². The zero-order valence-corrected chi connectivity index (χ0v) is 10.3. The van der Waals surface area contributed by atoms with Crippen molar-refractivity contribution in [2.45, 2.75) is 70.6 Å². The van der Waals surface area contributed by atoms with E-state index in [1.165, 1.54) is 0 Å². The molecule has 1 aliphatic carbocycles. The van der Waals surface area contributed by atoms with Gasteiger partial charge in [0, 0.05) is 6.04 Å². The third-order valence-electron chi connectivity index (χ3n) is 3.38. The number of ether oxygens (including phenoxy) is 1. The second-order valence-electron chi connectivity index (χ2n) is 5.11. The monoisotopic (exact) mass is 215 g/mol. The number of nitrogens with one attached hydrogen (secondary N) is 1. The Morgan fingerprint density at radius 1 is 1.27 bits per heavy atom. The van der Waals surface area contributed by atoms with Gasteiger partial charge >= 0.3 is 0 Å². The van der Waals surface area contributed by atoms with Gasteiger partial charge in [-0.2, -0.15) is 0 Å². The fourth-order valence-electron chi connectivity index (χ4n) is 1.74. The van der Waals surface area contributed by atoms with Crippen LogP contribution in [-0.4, -0.2) is 29.6 Å². The molecule has 0 amide bonds. The molecular formula is C12H25NO2. The van der Waals surface area contributed by atoms with Gasteiger partial charge in [-0.25, -0.2) is 0 Å². The van der Waals surface area contributed by atoms with Gasteiger partial charge in [-0.15, -0.1) is 0 Å². The minimum atomic E-state index is -0.0731. The lowest BCUT2D eigenvalue weighted by atomic mass is 9.93. The number of rotatable bonds is 5. The minimum absolute atomic E-state index is 0.0266. The molecule has 0 atom stereocenters. The lowest BCUT2D eigenvalue weighted by Gasteiger charge is -2.29. The standard InChI is InChI=1S/C12H25NO2/c1-4-12(2,3)15-9-13-10-5-7-11(14)8-6-10/h10-11,13-14H,4-9H2,1-3H3. The molecule has 0 spiro atoms. The third-order valence-corrected chi connectivity index (χ3v) is 3.38. The summed E-state index contributed by atoms with van der Waals surface area (Å²) in [4.78, 5) is 0. The van der Waals surface area contributed by atoms with Crippen LogP contribution in [0.3, 0.4) is 0 Å². The summed E-state index contributed by atoms with van der Waals surface area (Å²) in [5.74, 6) is 0. The molecule has 1 saturated carbocycles. The van der Waals surface area contributed by atoms with Gasteiger partial charge in [-0.1, -0.05) is 6.92 Å². The topological polar surface area (TPSA) is 41.5 Å². The molecule has 0 bridgehead atoms. The van der Waals surface area contributed by atoms with E-state index < -0.39 is 0 Å². The molecule has 0 unspecified atom stereocenters. The highest BCUT2D eigenvalue weighted by Gasteiger charge is 2.20. The summed E-state index contributed by atoms with van der Waals surface area (Å²) in [5.41, 5.74) is -0.0266. The molecule has 2 N–H and O–H groups in total. The van der Waals surface area contributed by atoms with Gasteiger partial charge in [0.25, 0.3) is 0 Å². The molecular weight excluding hydrogens is 190 g/mol. The summed E-state index contributed by atoms with van der Waals surface area (Å²) in [7, 11) is 0. The van der Waals surface area contributed by atoms with E-state index in [1.54, 1.807) is 0 Å². The van der Waals surface area contributed by atoms with Crippen molar-refractivity contribution in [3.8, 4) is 0 Å². The molecule has 0 aliphatic heterocycles. The van der Waals surface area contributed by atoms with Crippen molar-refractivity contribution in [2.75, 3.05) is 6.73 Å². The van der Waals surface area contributed by atoms with Crippen LogP contribution >= 0.6 is 0 Å². The van der Waals surface area contributed by atoms with Crippen molar-refractivity contribution in [1.29, 1.82) is 0 Å². The van der Waals surface area contributed by atoms with Gasteiger partial charge in [-0.05, 0) is 46.0 Å². The molecule has 1 aliphatic rings. The van der Waals surface area contributed by atoms with Crippen molar-refractivity contribution >= 4 is 0 Å². The molecule has 0 radical (unpaired) electrons. The maximum atomic E-state index is 9.36. The maximum Gasteiger partial charge on any atom is 0.0974 e. The first-order valence-corrected chi connectivity index (χ1v) is 6.09. The van der Waals surface area contributed by atoms with Crippen molar-refractivity contribution in [1.82, 2.24) is 5.32 Å². The summed E-state index contributed by atoms with van der Waals surface area (Å²) in [6, 6.07) is 0.529. The Morgan fingerprint density at radius 2 is 1.87 bits per heavy atom. The highest BCUT2D eigenvalue weighted by atomic mass is 16.5. The van der Waals surface area contributed by atoms with Crippen LogP contribution in [0.4, 0.5) is 0 Å². The first-order chi connectivity index (χ1) is 7.03. The molecule has 0 aromatic carbocycles. The molecule has 3 heteroatoms. The Kier molecular flexibility index (Phi) is 5.03. The van der Waals surface area contributed by atoms with Crippen LogP contribution in [0.25, 0.3) is 0 Å². The van der Waals surface area contributed by atoms with Crippen LogP contribution in [0.5, 0.6) is 0 Å². The van der Waals surface area contributed by atoms with Crippen LogP contribution in [-0.2, 0) is 4.74 Å². The molecule has 1 rings (SSSR count). The van der Waals surface area contributed by atoms with Crippen molar-refractivity contribution in [2.24, 2.45) is 0 Å². The van der Waals surface area contributed by atoms with Gasteiger partial charge in [0.2, 0.25) is 0 Å². The molecule has 0 saturated heterocycles. The van der Waals surface area contributed by atoms with E-state index in [1.807, 2.05) is 0 Å². The Bertz CT molecular complexity index is 174. The van der Waals surface area contributed by atoms with Gasteiger partial charge in [0.15, 0.2) is 0 Å². The highest BCUT2D eigenvalue weighted by Crippen LogP contribution is 2.18. The normalized spacial score (nSPS) is 28.0. The van der Waals surface area contributed by atoms with Crippen molar-refractivity contribution < 1.29 is 9.84 Å². The Hall–Kier alpha value is -0.120. The van der Waals surface area contributed by atoms with E-state index in [4.69, 9.17) is 4.74 Å². The second-order valence-corrected chi connectivity index (χ2v) is 5.11. The predicted molar refractivity (Wildman–Crippen MR) is 61.7 cm³/mol. The highest BCUT2D eigenvalue weighted by molar-refractivity contribution is 4.76. The molecule has 0 heterocycles.